The number of aromatic hydroxyl groups is 3. The van der Waals surface area contributed by atoms with Gasteiger partial charge in [0.2, 0.25) is 17.3 Å². The first-order chi connectivity index (χ1) is 14.4. The second kappa shape index (κ2) is 8.04. The molecule has 0 saturated heterocycles. The number of phenols is 3. The summed E-state index contributed by atoms with van der Waals surface area (Å²) in [6, 6.07) is 6.04. The van der Waals surface area contributed by atoms with E-state index in [0.29, 0.717) is 0 Å². The van der Waals surface area contributed by atoms with Gasteiger partial charge in [-0.1, -0.05) is 18.2 Å². The molecule has 0 heterocycles. The Morgan fingerprint density at radius 1 is 0.839 bits per heavy atom. The van der Waals surface area contributed by atoms with E-state index in [2.05, 4.69) is 31.9 Å². The molecule has 12 heteroatoms. The van der Waals surface area contributed by atoms with E-state index in [1.54, 1.807) is 0 Å². The molecule has 0 spiro atoms. The topological polar surface area (TPSA) is 173 Å². The zero-order valence-electron chi connectivity index (χ0n) is 15.0. The highest BCUT2D eigenvalue weighted by Gasteiger charge is 2.32. The third-order valence-electron chi connectivity index (χ3n) is 4.36. The van der Waals surface area contributed by atoms with Crippen molar-refractivity contribution in [2.24, 2.45) is 0 Å². The summed E-state index contributed by atoms with van der Waals surface area (Å²) in [6.07, 6.45) is 1.06. The third kappa shape index (κ3) is 3.94. The molecule has 0 amide bonds. The van der Waals surface area contributed by atoms with Gasteiger partial charge < -0.3 is 25.5 Å². The molecule has 2 aromatic carbocycles. The molecule has 0 aromatic heterocycles. The summed E-state index contributed by atoms with van der Waals surface area (Å²) in [7, 11) is -4.83. The Morgan fingerprint density at radius 2 is 1.45 bits per heavy atom. The molecule has 162 valence electrons. The van der Waals surface area contributed by atoms with Gasteiger partial charge in [-0.15, -0.1) is 0 Å². The summed E-state index contributed by atoms with van der Waals surface area (Å²) in [5.74, 6) is -5.57. The van der Waals surface area contributed by atoms with Crippen molar-refractivity contribution in [3.8, 4) is 17.2 Å². The zero-order valence-corrected chi connectivity index (χ0v) is 19.0. The van der Waals surface area contributed by atoms with Crippen LogP contribution in [0.1, 0.15) is 11.1 Å². The molecule has 1 aliphatic rings. The van der Waals surface area contributed by atoms with E-state index < -0.39 is 55.1 Å². The van der Waals surface area contributed by atoms with Crippen molar-refractivity contribution >= 4 is 53.3 Å². The number of allylic oxidation sites excluding steroid dienone is 3. The molecule has 0 unspecified atom stereocenters. The van der Waals surface area contributed by atoms with Gasteiger partial charge in [-0.3, -0.25) is 9.35 Å². The average molecular weight is 576 g/mol. The number of halogens is 2. The predicted molar refractivity (Wildman–Crippen MR) is 116 cm³/mol. The number of carbonyl (C=O) groups is 1. The van der Waals surface area contributed by atoms with E-state index >= 15 is 0 Å². The van der Waals surface area contributed by atoms with Gasteiger partial charge in [0.1, 0.15) is 4.90 Å². The first-order valence-corrected chi connectivity index (χ1v) is 11.2. The van der Waals surface area contributed by atoms with Crippen molar-refractivity contribution in [1.82, 2.24) is 0 Å². The van der Waals surface area contributed by atoms with Crippen LogP contribution in [0.15, 0.2) is 67.3 Å². The number of aliphatic hydroxyl groups is 2. The number of ketones is 1. The van der Waals surface area contributed by atoms with E-state index in [0.717, 1.165) is 18.2 Å². The average Bonchev–Trinajstić information content (AvgIpc) is 2.72. The van der Waals surface area contributed by atoms with Crippen molar-refractivity contribution in [3.63, 3.8) is 0 Å². The lowest BCUT2D eigenvalue weighted by Crippen LogP contribution is -2.15. The number of aliphatic hydroxyl groups excluding tert-OH is 2. The lowest BCUT2D eigenvalue weighted by molar-refractivity contribution is -0.114. The molecule has 0 fully saturated rings. The van der Waals surface area contributed by atoms with E-state index in [4.69, 9.17) is 0 Å². The Morgan fingerprint density at radius 3 is 2.06 bits per heavy atom. The minimum Gasteiger partial charge on any atom is -0.504 e. The summed E-state index contributed by atoms with van der Waals surface area (Å²) < 4.78 is 33.4. The largest absolute Gasteiger partial charge is 0.504 e. The SMILES string of the molecule is O=C1C(O)=C(O)C(Br)=C/C1=C(\c1ccccc1S(=O)(=O)O)c1cc(Br)c(O)c(O)c1O. The summed E-state index contributed by atoms with van der Waals surface area (Å²) in [5.41, 5.74) is -1.33. The maximum Gasteiger partial charge on any atom is 0.295 e. The fourth-order valence-electron chi connectivity index (χ4n) is 2.93. The number of Topliss-reactive ketones (excluding diaryl/α,β-unsaturated/α-hetero) is 1. The number of carbonyl (C=O) groups excluding carboxylic acids is 1. The van der Waals surface area contributed by atoms with Crippen molar-refractivity contribution in [1.29, 1.82) is 0 Å². The second-order valence-corrected chi connectivity index (χ2v) is 9.33. The highest BCUT2D eigenvalue weighted by atomic mass is 79.9. The van der Waals surface area contributed by atoms with Crippen LogP contribution in [0.2, 0.25) is 0 Å². The van der Waals surface area contributed by atoms with Gasteiger partial charge in [-0.25, -0.2) is 0 Å². The van der Waals surface area contributed by atoms with Gasteiger partial charge in [0.05, 0.1) is 8.96 Å². The lowest BCUT2D eigenvalue weighted by atomic mass is 9.88. The highest BCUT2D eigenvalue weighted by molar-refractivity contribution is 9.12. The molecule has 31 heavy (non-hydrogen) atoms. The van der Waals surface area contributed by atoms with Crippen LogP contribution in [0.5, 0.6) is 17.2 Å². The minimum absolute atomic E-state index is 0.117. The lowest BCUT2D eigenvalue weighted by Gasteiger charge is -2.20. The van der Waals surface area contributed by atoms with E-state index in [-0.39, 0.29) is 25.7 Å². The summed E-state index contributed by atoms with van der Waals surface area (Å²) in [6.45, 7) is 0. The summed E-state index contributed by atoms with van der Waals surface area (Å²) >= 11 is 5.95. The van der Waals surface area contributed by atoms with Crippen molar-refractivity contribution in [2.45, 2.75) is 4.90 Å². The van der Waals surface area contributed by atoms with Crippen LogP contribution in [0, 0.1) is 0 Å². The molecule has 3 rings (SSSR count). The molecule has 1 aliphatic carbocycles. The molecule has 0 atom stereocenters. The van der Waals surface area contributed by atoms with Gasteiger partial charge >= 0.3 is 0 Å². The fourth-order valence-corrected chi connectivity index (χ4v) is 4.47. The number of rotatable bonds is 3. The summed E-state index contributed by atoms with van der Waals surface area (Å²) in [4.78, 5) is 12.1. The van der Waals surface area contributed by atoms with Crippen LogP contribution < -0.4 is 0 Å². The number of phenolic OH excluding ortho intramolecular Hbond substituents is 3. The van der Waals surface area contributed by atoms with Crippen LogP contribution in [-0.2, 0) is 14.9 Å². The second-order valence-electron chi connectivity index (χ2n) is 6.23. The maximum atomic E-state index is 12.8. The predicted octanol–water partition coefficient (Wildman–Crippen LogP) is 3.80. The monoisotopic (exact) mass is 574 g/mol. The summed E-state index contributed by atoms with van der Waals surface area (Å²) in [5, 5.41) is 50.3. The van der Waals surface area contributed by atoms with Crippen LogP contribution in [0.3, 0.4) is 0 Å². The number of hydrogen-bond acceptors (Lipinski definition) is 8. The molecule has 9 nitrogen and oxygen atoms in total. The normalized spacial score (nSPS) is 16.4. The zero-order chi connectivity index (χ0) is 23.2. The van der Waals surface area contributed by atoms with Gasteiger partial charge in [0.25, 0.3) is 10.1 Å². The van der Waals surface area contributed by atoms with Crippen LogP contribution >= 0.6 is 31.9 Å². The maximum absolute atomic E-state index is 12.8. The number of hydrogen-bond donors (Lipinski definition) is 6. The first-order valence-electron chi connectivity index (χ1n) is 8.15. The van der Waals surface area contributed by atoms with Crippen LogP contribution in [0.4, 0.5) is 0 Å². The molecule has 0 saturated carbocycles. The molecular weight excluding hydrogens is 564 g/mol. The van der Waals surface area contributed by atoms with Crippen molar-refractivity contribution < 1.29 is 43.3 Å². The van der Waals surface area contributed by atoms with Gasteiger partial charge in [0, 0.05) is 22.3 Å². The Kier molecular flexibility index (Phi) is 5.93. The smallest absolute Gasteiger partial charge is 0.295 e. The van der Waals surface area contributed by atoms with Crippen molar-refractivity contribution in [3.05, 3.63) is 73.6 Å². The van der Waals surface area contributed by atoms with Gasteiger partial charge in [-0.2, -0.15) is 8.42 Å². The minimum atomic E-state index is -4.83. The fraction of sp³-hybridized carbons (Fsp3) is 0. The van der Waals surface area contributed by atoms with E-state index in [1.165, 1.54) is 18.2 Å². The van der Waals surface area contributed by atoms with Gasteiger partial charge in [-0.05, 0) is 50.1 Å². The molecule has 0 bridgehead atoms. The third-order valence-corrected chi connectivity index (χ3v) is 6.48. The van der Waals surface area contributed by atoms with Gasteiger partial charge in [0.15, 0.2) is 17.3 Å². The standard InChI is InChI=1S/C19H12Br2O9S/c20-10-5-8(14(22)18(26)16(10)24)13(7-3-1-2-4-12(7)31(28,29)30)9-6-11(21)17(25)19(27)15(9)23/h1-6,22,24-27H,(H,28,29,30)/b13-9-. The first kappa shape index (κ1) is 22.9. The molecule has 2 aromatic rings. The Hall–Kier alpha value is -2.80. The Balaban J connectivity index is 2.56. The molecule has 0 radical (unpaired) electrons. The highest BCUT2D eigenvalue weighted by Crippen LogP contribution is 2.48. The van der Waals surface area contributed by atoms with E-state index in [1.807, 2.05) is 0 Å². The Bertz CT molecular complexity index is 1340. The molecule has 0 aliphatic heterocycles. The quantitative estimate of drug-likeness (QED) is 0.181. The number of benzene rings is 2. The van der Waals surface area contributed by atoms with Crippen LogP contribution in [0.25, 0.3) is 5.57 Å². The molecular formula is C19H12Br2O9S. The Labute approximate surface area is 191 Å². The molecule has 6 N–H and O–H groups in total. The van der Waals surface area contributed by atoms with Crippen molar-refractivity contribution in [2.75, 3.05) is 0 Å². The van der Waals surface area contributed by atoms with E-state index in [9.17, 15) is 43.3 Å². The van der Waals surface area contributed by atoms with Crippen LogP contribution in [-0.4, -0.2) is 44.3 Å².